The maximum atomic E-state index is 11.9. The van der Waals surface area contributed by atoms with Crippen molar-refractivity contribution in [3.05, 3.63) is 6.92 Å². The van der Waals surface area contributed by atoms with Gasteiger partial charge < -0.3 is 4.74 Å². The Bertz CT molecular complexity index is 272. The van der Waals surface area contributed by atoms with Crippen molar-refractivity contribution >= 4 is 12.0 Å². The first-order chi connectivity index (χ1) is 6.78. The second kappa shape index (κ2) is 3.93. The quantitative estimate of drug-likeness (QED) is 0.577. The number of rotatable bonds is 0. The maximum absolute atomic E-state index is 11.9. The fraction of sp³-hybridized carbons (Fsp3) is 0.727. The Hall–Kier alpha value is -0.900. The summed E-state index contributed by atoms with van der Waals surface area (Å²) in [7, 11) is 0. The van der Waals surface area contributed by atoms with E-state index in [4.69, 9.17) is 4.74 Å². The van der Waals surface area contributed by atoms with E-state index in [1.54, 1.807) is 20.8 Å². The third kappa shape index (κ3) is 2.56. The maximum Gasteiger partial charge on any atom is 0.524 e. The predicted octanol–water partition coefficient (Wildman–Crippen LogP) is 1.89. The van der Waals surface area contributed by atoms with Crippen LogP contribution in [0.25, 0.3) is 0 Å². The number of nitrogens with zero attached hydrogens (tertiary/aromatic N) is 1. The summed E-state index contributed by atoms with van der Waals surface area (Å²) in [6.07, 6.45) is 1.29. The van der Waals surface area contributed by atoms with Crippen molar-refractivity contribution in [2.45, 2.75) is 39.2 Å². The highest BCUT2D eigenvalue weighted by atomic mass is 16.6. The summed E-state index contributed by atoms with van der Waals surface area (Å²) >= 11 is 0. The smallest absolute Gasteiger partial charge is 0.414 e. The average Bonchev–Trinajstić information content (AvgIpc) is 2.48. The van der Waals surface area contributed by atoms with Gasteiger partial charge in [-0.25, -0.2) is 4.79 Å². The Morgan fingerprint density at radius 1 is 1.20 bits per heavy atom. The van der Waals surface area contributed by atoms with Crippen molar-refractivity contribution in [3.63, 3.8) is 0 Å². The van der Waals surface area contributed by atoms with Crippen molar-refractivity contribution in [3.8, 4) is 0 Å². The predicted molar refractivity (Wildman–Crippen MR) is 55.8 cm³/mol. The number of hydrogen-bond donors (Lipinski definition) is 0. The van der Waals surface area contributed by atoms with Crippen LogP contribution in [0.1, 0.15) is 33.6 Å². The fourth-order valence-electron chi connectivity index (χ4n) is 1.76. The SMILES string of the molecule is [CH2]C(=O)[N+]1(C(=O)OC(C)(C)C)CCCC1. The largest absolute Gasteiger partial charge is 0.524 e. The van der Waals surface area contributed by atoms with Crippen molar-refractivity contribution in [2.24, 2.45) is 0 Å². The first kappa shape index (κ1) is 12.2. The van der Waals surface area contributed by atoms with Gasteiger partial charge in [0.1, 0.15) is 5.60 Å². The molecule has 1 aliphatic rings. The number of carbonyl (C=O) groups excluding carboxylic acids is 2. The molecule has 0 unspecified atom stereocenters. The minimum absolute atomic E-state index is 0.239. The van der Waals surface area contributed by atoms with Gasteiger partial charge in [-0.1, -0.05) is 0 Å². The second-order valence-electron chi connectivity index (χ2n) is 5.00. The first-order valence-electron chi connectivity index (χ1n) is 5.25. The van der Waals surface area contributed by atoms with Gasteiger partial charge >= 0.3 is 12.0 Å². The molecule has 1 rings (SSSR count). The van der Waals surface area contributed by atoms with Gasteiger partial charge in [-0.05, 0) is 20.8 Å². The Morgan fingerprint density at radius 2 is 1.67 bits per heavy atom. The van der Waals surface area contributed by atoms with Gasteiger partial charge in [-0.2, -0.15) is 9.28 Å². The van der Waals surface area contributed by atoms with Crippen LogP contribution >= 0.6 is 0 Å². The van der Waals surface area contributed by atoms with E-state index in [9.17, 15) is 9.59 Å². The summed E-state index contributed by atoms with van der Waals surface area (Å²) in [5.74, 6) is -0.359. The van der Waals surface area contributed by atoms with Crippen LogP contribution in [-0.4, -0.2) is 35.2 Å². The molecule has 1 heterocycles. The van der Waals surface area contributed by atoms with E-state index in [1.165, 1.54) is 0 Å². The molecule has 85 valence electrons. The first-order valence-corrected chi connectivity index (χ1v) is 5.25. The molecule has 0 spiro atoms. The van der Waals surface area contributed by atoms with Crippen LogP contribution in [0, 0.1) is 6.92 Å². The molecule has 4 heteroatoms. The van der Waals surface area contributed by atoms with Crippen LogP contribution in [-0.2, 0) is 9.53 Å². The van der Waals surface area contributed by atoms with E-state index < -0.39 is 11.7 Å². The summed E-state index contributed by atoms with van der Waals surface area (Å²) in [5, 5.41) is 0. The van der Waals surface area contributed by atoms with Gasteiger partial charge in [0.2, 0.25) is 0 Å². The van der Waals surface area contributed by atoms with Crippen molar-refractivity contribution in [1.82, 2.24) is 0 Å². The van der Waals surface area contributed by atoms with Crippen molar-refractivity contribution in [2.75, 3.05) is 13.1 Å². The number of quaternary nitrogens is 1. The highest BCUT2D eigenvalue weighted by Gasteiger charge is 2.48. The summed E-state index contributed by atoms with van der Waals surface area (Å²) in [5.41, 5.74) is -0.555. The van der Waals surface area contributed by atoms with Gasteiger partial charge in [0.05, 0.1) is 20.0 Å². The van der Waals surface area contributed by atoms with E-state index >= 15 is 0 Å². The van der Waals surface area contributed by atoms with Crippen molar-refractivity contribution < 1.29 is 18.8 Å². The summed E-state index contributed by atoms with van der Waals surface area (Å²) in [4.78, 5) is 23.4. The van der Waals surface area contributed by atoms with E-state index in [1.807, 2.05) is 0 Å². The molecule has 1 aliphatic heterocycles. The molecule has 0 N–H and O–H groups in total. The van der Waals surface area contributed by atoms with Gasteiger partial charge in [0.25, 0.3) is 0 Å². The average molecular weight is 213 g/mol. The molecule has 0 saturated carbocycles. The standard InChI is InChI=1S/C11H19NO3/c1-9(13)12(7-5-6-8-12)10(14)15-11(2,3)4/h1,5-8H2,2-4H3/q+1. The van der Waals surface area contributed by atoms with Crippen LogP contribution < -0.4 is 0 Å². The van der Waals surface area contributed by atoms with Gasteiger partial charge in [-0.3, -0.25) is 0 Å². The summed E-state index contributed by atoms with van der Waals surface area (Å²) in [6, 6.07) is 0. The molecule has 2 amide bonds. The Kier molecular flexibility index (Phi) is 3.19. The molecule has 15 heavy (non-hydrogen) atoms. The zero-order valence-corrected chi connectivity index (χ0v) is 9.71. The molecular formula is C11H19NO3+. The van der Waals surface area contributed by atoms with Gasteiger partial charge in [-0.15, -0.1) is 0 Å². The Labute approximate surface area is 90.8 Å². The number of carbonyl (C=O) groups is 2. The third-order valence-corrected chi connectivity index (χ3v) is 2.55. The monoisotopic (exact) mass is 213 g/mol. The highest BCUT2D eigenvalue weighted by Crippen LogP contribution is 2.24. The molecule has 0 aromatic heterocycles. The molecule has 0 bridgehead atoms. The lowest BCUT2D eigenvalue weighted by atomic mass is 10.2. The Balaban J connectivity index is 2.82. The molecule has 0 atom stereocenters. The highest BCUT2D eigenvalue weighted by molar-refractivity contribution is 5.84. The molecule has 1 saturated heterocycles. The number of likely N-dealkylation sites (tertiary alicyclic amines) is 1. The lowest BCUT2D eigenvalue weighted by Crippen LogP contribution is -2.55. The zero-order valence-electron chi connectivity index (χ0n) is 9.71. The van der Waals surface area contributed by atoms with E-state index in [2.05, 4.69) is 6.92 Å². The molecule has 0 aliphatic carbocycles. The van der Waals surface area contributed by atoms with Crippen LogP contribution in [0.4, 0.5) is 4.79 Å². The van der Waals surface area contributed by atoms with E-state index in [0.717, 1.165) is 12.8 Å². The number of ether oxygens (including phenoxy) is 1. The summed E-state index contributed by atoms with van der Waals surface area (Å²) < 4.78 is 5.02. The van der Waals surface area contributed by atoms with Crippen LogP contribution in [0.2, 0.25) is 0 Å². The van der Waals surface area contributed by atoms with Gasteiger partial charge in [0, 0.05) is 12.8 Å². The molecule has 1 fully saturated rings. The zero-order chi connectivity index (χ0) is 11.7. The van der Waals surface area contributed by atoms with Crippen LogP contribution in [0.15, 0.2) is 0 Å². The topological polar surface area (TPSA) is 43.4 Å². The number of imide groups is 1. The minimum atomic E-state index is -0.555. The number of hydrogen-bond acceptors (Lipinski definition) is 3. The normalized spacial score (nSPS) is 20.0. The molecular weight excluding hydrogens is 194 g/mol. The van der Waals surface area contributed by atoms with Crippen LogP contribution in [0.5, 0.6) is 0 Å². The molecule has 4 nitrogen and oxygen atoms in total. The lowest BCUT2D eigenvalue weighted by molar-refractivity contribution is -0.767. The lowest BCUT2D eigenvalue weighted by Gasteiger charge is -2.29. The number of amides is 2. The van der Waals surface area contributed by atoms with E-state index in [0.29, 0.717) is 13.1 Å². The minimum Gasteiger partial charge on any atom is -0.414 e. The second-order valence-corrected chi connectivity index (χ2v) is 5.00. The molecule has 0 aromatic rings. The Morgan fingerprint density at radius 3 is 2.00 bits per heavy atom. The third-order valence-electron chi connectivity index (χ3n) is 2.55. The van der Waals surface area contributed by atoms with E-state index in [-0.39, 0.29) is 10.4 Å². The van der Waals surface area contributed by atoms with Crippen LogP contribution in [0.3, 0.4) is 0 Å². The van der Waals surface area contributed by atoms with Crippen molar-refractivity contribution in [1.29, 1.82) is 0 Å². The molecule has 1 radical (unpaired) electrons. The summed E-state index contributed by atoms with van der Waals surface area (Å²) in [6.45, 7) is 9.82. The van der Waals surface area contributed by atoms with Gasteiger partial charge in [0.15, 0.2) is 0 Å². The molecule has 0 aromatic carbocycles. The fourth-order valence-corrected chi connectivity index (χ4v) is 1.76.